The molecule has 1 rings (SSSR count). The summed E-state index contributed by atoms with van der Waals surface area (Å²) in [5, 5.41) is 0.151. The standard InChI is InChI=1S/C14H23ClO4Si/c1-14(2,3)20(5,6)19-12(13(17)18-4)9-7-10(15)11(16)8-9/h7,9,12H,8H2,1-6H3/t9-,12+/m0/s1. The van der Waals surface area contributed by atoms with Crippen molar-refractivity contribution in [3.8, 4) is 0 Å². The smallest absolute Gasteiger partial charge is 0.334 e. The molecule has 0 aromatic heterocycles. The first-order valence-corrected chi connectivity index (χ1v) is 9.94. The number of ketones is 1. The maximum absolute atomic E-state index is 12.0. The molecular formula is C14H23ClO4Si. The summed E-state index contributed by atoms with van der Waals surface area (Å²) in [6.45, 7) is 10.4. The quantitative estimate of drug-likeness (QED) is 0.589. The van der Waals surface area contributed by atoms with E-state index in [2.05, 4.69) is 33.9 Å². The van der Waals surface area contributed by atoms with Gasteiger partial charge in [0.05, 0.1) is 12.1 Å². The summed E-state index contributed by atoms with van der Waals surface area (Å²) in [5.74, 6) is -0.934. The number of rotatable bonds is 4. The lowest BCUT2D eigenvalue weighted by Gasteiger charge is -2.39. The van der Waals surface area contributed by atoms with Gasteiger partial charge in [-0.1, -0.05) is 38.4 Å². The van der Waals surface area contributed by atoms with Crippen LogP contribution in [0.1, 0.15) is 27.2 Å². The number of hydrogen-bond donors (Lipinski definition) is 0. The van der Waals surface area contributed by atoms with Crippen LogP contribution in [0.3, 0.4) is 0 Å². The average Bonchev–Trinajstić information content (AvgIpc) is 2.64. The van der Waals surface area contributed by atoms with Gasteiger partial charge in [0.1, 0.15) is 6.10 Å². The monoisotopic (exact) mass is 318 g/mol. The second-order valence-corrected chi connectivity index (χ2v) is 11.8. The van der Waals surface area contributed by atoms with Crippen molar-refractivity contribution in [1.82, 2.24) is 0 Å². The Labute approximate surface area is 126 Å². The number of Topliss-reactive ketones (excluding diaryl/α,β-unsaturated/α-hetero) is 1. The van der Waals surface area contributed by atoms with Crippen molar-refractivity contribution in [3.05, 3.63) is 11.1 Å². The van der Waals surface area contributed by atoms with Gasteiger partial charge in [-0.3, -0.25) is 4.79 Å². The number of esters is 1. The van der Waals surface area contributed by atoms with Crippen LogP contribution in [0.15, 0.2) is 11.1 Å². The molecule has 6 heteroatoms. The van der Waals surface area contributed by atoms with Crippen LogP contribution in [0.25, 0.3) is 0 Å². The van der Waals surface area contributed by atoms with Crippen molar-refractivity contribution in [2.45, 2.75) is 51.4 Å². The molecule has 0 aromatic carbocycles. The largest absolute Gasteiger partial charge is 0.467 e. The molecule has 0 spiro atoms. The van der Waals surface area contributed by atoms with Gasteiger partial charge in [-0.25, -0.2) is 4.79 Å². The molecule has 0 bridgehead atoms. The SMILES string of the molecule is COC(=O)[C@H](O[Si](C)(C)C(C)(C)C)[C@H]1C=C(Cl)C(=O)C1. The minimum atomic E-state index is -2.14. The molecular weight excluding hydrogens is 296 g/mol. The fraction of sp³-hybridized carbons (Fsp3) is 0.714. The lowest BCUT2D eigenvalue weighted by atomic mass is 10.0. The molecule has 0 amide bonds. The molecule has 1 aliphatic carbocycles. The Morgan fingerprint density at radius 1 is 1.45 bits per heavy atom. The fourth-order valence-corrected chi connectivity index (χ4v) is 3.26. The first-order valence-electron chi connectivity index (χ1n) is 6.66. The van der Waals surface area contributed by atoms with E-state index >= 15 is 0 Å². The van der Waals surface area contributed by atoms with Gasteiger partial charge in [0.15, 0.2) is 14.1 Å². The van der Waals surface area contributed by atoms with E-state index in [1.165, 1.54) is 7.11 Å². The Morgan fingerprint density at radius 2 is 2.00 bits per heavy atom. The molecule has 1 aliphatic rings. The van der Waals surface area contributed by atoms with Crippen molar-refractivity contribution >= 4 is 31.7 Å². The van der Waals surface area contributed by atoms with E-state index in [4.69, 9.17) is 20.8 Å². The Hall–Kier alpha value is -0.653. The van der Waals surface area contributed by atoms with Crippen LogP contribution in [0.5, 0.6) is 0 Å². The van der Waals surface area contributed by atoms with Gasteiger partial charge in [-0.2, -0.15) is 0 Å². The maximum atomic E-state index is 12.0. The highest BCUT2D eigenvalue weighted by Crippen LogP contribution is 2.39. The zero-order valence-electron chi connectivity index (χ0n) is 13.0. The predicted octanol–water partition coefficient (Wildman–Crippen LogP) is 3.26. The van der Waals surface area contributed by atoms with Crippen LogP contribution in [-0.2, 0) is 18.8 Å². The molecule has 0 unspecified atom stereocenters. The second-order valence-electron chi connectivity index (χ2n) is 6.63. The van der Waals surface area contributed by atoms with Gasteiger partial charge in [-0.15, -0.1) is 0 Å². The number of hydrogen-bond acceptors (Lipinski definition) is 4. The maximum Gasteiger partial charge on any atom is 0.334 e. The Balaban J connectivity index is 2.99. The van der Waals surface area contributed by atoms with Crippen molar-refractivity contribution < 1.29 is 18.8 Å². The summed E-state index contributed by atoms with van der Waals surface area (Å²) in [6.07, 6.45) is 1.05. The fourth-order valence-electron chi connectivity index (χ4n) is 1.77. The van der Waals surface area contributed by atoms with Crippen molar-refractivity contribution in [3.63, 3.8) is 0 Å². The number of carbonyl (C=O) groups excluding carboxylic acids is 2. The van der Waals surface area contributed by atoms with Crippen LogP contribution in [-0.4, -0.2) is 33.3 Å². The molecule has 0 saturated carbocycles. The van der Waals surface area contributed by atoms with E-state index < -0.39 is 20.4 Å². The molecule has 0 aromatic rings. The molecule has 2 atom stereocenters. The van der Waals surface area contributed by atoms with Gasteiger partial charge >= 0.3 is 5.97 Å². The zero-order valence-corrected chi connectivity index (χ0v) is 14.7. The number of carbonyl (C=O) groups is 2. The highest BCUT2D eigenvalue weighted by atomic mass is 35.5. The summed E-state index contributed by atoms with van der Waals surface area (Å²) >= 11 is 5.83. The van der Waals surface area contributed by atoms with Gasteiger partial charge in [0.25, 0.3) is 0 Å². The third-order valence-corrected chi connectivity index (χ3v) is 8.89. The molecule has 0 fully saturated rings. The zero-order chi connectivity index (χ0) is 15.7. The average molecular weight is 319 g/mol. The third kappa shape index (κ3) is 3.71. The first-order chi connectivity index (χ1) is 8.99. The first kappa shape index (κ1) is 17.4. The van der Waals surface area contributed by atoms with Gasteiger partial charge in [0, 0.05) is 12.3 Å². The second kappa shape index (κ2) is 5.99. The summed E-state index contributed by atoms with van der Waals surface area (Å²) in [5.41, 5.74) is 0. The van der Waals surface area contributed by atoms with E-state index in [-0.39, 0.29) is 28.2 Å². The van der Waals surface area contributed by atoms with Crippen LogP contribution >= 0.6 is 11.6 Å². The van der Waals surface area contributed by atoms with Crippen LogP contribution in [0.4, 0.5) is 0 Å². The summed E-state index contributed by atoms with van der Waals surface area (Å²) in [7, 11) is -0.817. The minimum Gasteiger partial charge on any atom is -0.467 e. The molecule has 0 aliphatic heterocycles. The van der Waals surface area contributed by atoms with Crippen molar-refractivity contribution in [1.29, 1.82) is 0 Å². The van der Waals surface area contributed by atoms with Crippen molar-refractivity contribution in [2.75, 3.05) is 7.11 Å². The number of methoxy groups -OCH3 is 1. The number of ether oxygens (including phenoxy) is 1. The number of allylic oxidation sites excluding steroid dienone is 1. The molecule has 0 heterocycles. The van der Waals surface area contributed by atoms with Gasteiger partial charge < -0.3 is 9.16 Å². The van der Waals surface area contributed by atoms with Gasteiger partial charge in [0.2, 0.25) is 0 Å². The molecule has 0 saturated heterocycles. The normalized spacial score (nSPS) is 21.6. The van der Waals surface area contributed by atoms with Crippen molar-refractivity contribution in [2.24, 2.45) is 5.92 Å². The Bertz CT molecular complexity index is 437. The highest BCUT2D eigenvalue weighted by Gasteiger charge is 2.44. The molecule has 0 radical (unpaired) electrons. The summed E-state index contributed by atoms with van der Waals surface area (Å²) < 4.78 is 11.0. The molecule has 114 valence electrons. The highest BCUT2D eigenvalue weighted by molar-refractivity contribution is 6.74. The van der Waals surface area contributed by atoms with Gasteiger partial charge in [-0.05, 0) is 18.1 Å². The Morgan fingerprint density at radius 3 is 2.35 bits per heavy atom. The van der Waals surface area contributed by atoms with Crippen LogP contribution < -0.4 is 0 Å². The summed E-state index contributed by atoms with van der Waals surface area (Å²) in [4.78, 5) is 23.6. The molecule has 0 N–H and O–H groups in total. The predicted molar refractivity (Wildman–Crippen MR) is 81.1 cm³/mol. The molecule has 4 nitrogen and oxygen atoms in total. The number of halogens is 1. The topological polar surface area (TPSA) is 52.6 Å². The van der Waals surface area contributed by atoms with E-state index in [1.807, 2.05) is 0 Å². The lowest BCUT2D eigenvalue weighted by Crippen LogP contribution is -2.48. The van der Waals surface area contributed by atoms with E-state index in [1.54, 1.807) is 6.08 Å². The van der Waals surface area contributed by atoms with Crippen LogP contribution in [0, 0.1) is 5.92 Å². The molecule has 20 heavy (non-hydrogen) atoms. The van der Waals surface area contributed by atoms with E-state index in [9.17, 15) is 9.59 Å². The van der Waals surface area contributed by atoms with Crippen LogP contribution in [0.2, 0.25) is 18.1 Å². The minimum absolute atomic E-state index is 0.0323. The van der Waals surface area contributed by atoms with E-state index in [0.29, 0.717) is 0 Å². The third-order valence-electron chi connectivity index (χ3n) is 4.10. The van der Waals surface area contributed by atoms with E-state index in [0.717, 1.165) is 0 Å². The summed E-state index contributed by atoms with van der Waals surface area (Å²) in [6, 6.07) is 0. The Kier molecular flexibility index (Phi) is 5.22. The lowest BCUT2D eigenvalue weighted by molar-refractivity contribution is -0.151.